The van der Waals surface area contributed by atoms with E-state index >= 15 is 0 Å². The molecule has 35 heavy (non-hydrogen) atoms. The zero-order valence-electron chi connectivity index (χ0n) is 22.0. The van der Waals surface area contributed by atoms with Crippen LogP contribution in [0.5, 0.6) is 0 Å². The summed E-state index contributed by atoms with van der Waals surface area (Å²) in [5, 5.41) is 12.4. The largest absolute Gasteiger partial charge is 0.325 e. The van der Waals surface area contributed by atoms with E-state index in [-0.39, 0.29) is 22.6 Å². The predicted octanol–water partition coefficient (Wildman–Crippen LogP) is 4.16. The summed E-state index contributed by atoms with van der Waals surface area (Å²) in [5.41, 5.74) is 1.10. The van der Waals surface area contributed by atoms with Gasteiger partial charge in [-0.05, 0) is 51.6 Å². The molecule has 0 spiro atoms. The van der Waals surface area contributed by atoms with Crippen LogP contribution < -0.4 is 5.32 Å². The molecule has 0 aliphatic carbocycles. The lowest BCUT2D eigenvalue weighted by molar-refractivity contribution is -0.113. The van der Waals surface area contributed by atoms with Gasteiger partial charge in [0, 0.05) is 25.3 Å². The van der Waals surface area contributed by atoms with Crippen molar-refractivity contribution in [1.82, 2.24) is 24.0 Å². The Balaban J connectivity index is 2.18. The third-order valence-corrected chi connectivity index (χ3v) is 9.07. The normalized spacial score (nSPS) is 12.9. The number of rotatable bonds is 14. The van der Waals surface area contributed by atoms with Gasteiger partial charge in [0.2, 0.25) is 15.9 Å². The fourth-order valence-electron chi connectivity index (χ4n) is 3.94. The fraction of sp³-hybridized carbons (Fsp3) is 0.625. The van der Waals surface area contributed by atoms with Crippen LogP contribution in [0.4, 0.5) is 5.69 Å². The van der Waals surface area contributed by atoms with E-state index in [9.17, 15) is 13.2 Å². The number of nitrogens with one attached hydrogen (secondary N) is 1. The van der Waals surface area contributed by atoms with E-state index in [0.29, 0.717) is 24.3 Å². The molecule has 0 aliphatic heterocycles. The SMILES string of the molecule is CCCCn1c(SCC(=O)Nc2ccc(C)c(S(=O)(=O)N(CC)CC)c2)nnc1C(CC)N(C)C. The lowest BCUT2D eigenvalue weighted by atomic mass is 10.2. The van der Waals surface area contributed by atoms with E-state index in [1.54, 1.807) is 19.1 Å². The predicted molar refractivity (Wildman–Crippen MR) is 142 cm³/mol. The van der Waals surface area contributed by atoms with Crippen LogP contribution in [0.3, 0.4) is 0 Å². The molecule has 0 aliphatic rings. The van der Waals surface area contributed by atoms with Gasteiger partial charge in [-0.15, -0.1) is 10.2 Å². The van der Waals surface area contributed by atoms with Crippen LogP contribution in [0.2, 0.25) is 0 Å². The minimum Gasteiger partial charge on any atom is -0.325 e. The van der Waals surface area contributed by atoms with Crippen molar-refractivity contribution in [3.8, 4) is 0 Å². The standard InChI is InChI=1S/C24H40N6O3S2/c1-8-12-15-30-23(20(9-2)28(6)7)26-27-24(30)34-17-22(31)25-19-14-13-18(5)21(16-19)35(32,33)29(10-3)11-4/h13-14,16,20H,8-12,15,17H2,1-7H3,(H,25,31). The molecule has 1 unspecified atom stereocenters. The Morgan fingerprint density at radius 3 is 2.40 bits per heavy atom. The van der Waals surface area contributed by atoms with Crippen molar-refractivity contribution in [3.63, 3.8) is 0 Å². The van der Waals surface area contributed by atoms with Crippen LogP contribution in [0.15, 0.2) is 28.3 Å². The molecule has 2 rings (SSSR count). The average Bonchev–Trinajstić information content (AvgIpc) is 3.20. The summed E-state index contributed by atoms with van der Waals surface area (Å²) in [6.07, 6.45) is 2.96. The number of benzene rings is 1. The average molecular weight is 525 g/mol. The van der Waals surface area contributed by atoms with Gasteiger partial charge in [0.25, 0.3) is 0 Å². The number of sulfonamides is 1. The number of carbonyl (C=O) groups is 1. The summed E-state index contributed by atoms with van der Waals surface area (Å²) < 4.78 is 29.5. The second-order valence-electron chi connectivity index (χ2n) is 8.64. The molecule has 1 aromatic carbocycles. The van der Waals surface area contributed by atoms with Gasteiger partial charge in [0.05, 0.1) is 16.7 Å². The topological polar surface area (TPSA) is 100 Å². The van der Waals surface area contributed by atoms with Gasteiger partial charge in [-0.1, -0.05) is 51.9 Å². The van der Waals surface area contributed by atoms with Gasteiger partial charge in [-0.2, -0.15) is 4.31 Å². The number of carbonyl (C=O) groups excluding carboxylic acids is 1. The molecule has 0 radical (unpaired) electrons. The minimum atomic E-state index is -3.62. The second-order valence-corrected chi connectivity index (χ2v) is 11.5. The summed E-state index contributed by atoms with van der Waals surface area (Å²) in [6, 6.07) is 5.14. The maximum Gasteiger partial charge on any atom is 0.243 e. The summed E-state index contributed by atoms with van der Waals surface area (Å²) in [5.74, 6) is 0.838. The van der Waals surface area contributed by atoms with Gasteiger partial charge in [-0.25, -0.2) is 8.42 Å². The Kier molecular flexibility index (Phi) is 11.2. The monoisotopic (exact) mass is 524 g/mol. The first-order valence-electron chi connectivity index (χ1n) is 12.2. The Hall–Kier alpha value is -1.95. The van der Waals surface area contributed by atoms with Gasteiger partial charge in [-0.3, -0.25) is 9.69 Å². The molecule has 1 heterocycles. The maximum absolute atomic E-state index is 13.0. The molecule has 9 nitrogen and oxygen atoms in total. The summed E-state index contributed by atoms with van der Waals surface area (Å²) in [6.45, 7) is 11.2. The third-order valence-electron chi connectivity index (χ3n) is 5.92. The van der Waals surface area contributed by atoms with Crippen LogP contribution in [0.25, 0.3) is 0 Å². The van der Waals surface area contributed by atoms with Crippen molar-refractivity contribution in [3.05, 3.63) is 29.6 Å². The summed E-state index contributed by atoms with van der Waals surface area (Å²) >= 11 is 1.34. The molecule has 1 atom stereocenters. The number of hydrogen-bond donors (Lipinski definition) is 1. The molecule has 0 fully saturated rings. The molecule has 0 saturated carbocycles. The van der Waals surface area contributed by atoms with Crippen LogP contribution in [-0.4, -0.2) is 71.2 Å². The van der Waals surface area contributed by atoms with E-state index in [1.165, 1.54) is 22.1 Å². The zero-order valence-corrected chi connectivity index (χ0v) is 23.7. The highest BCUT2D eigenvalue weighted by Gasteiger charge is 2.25. The first-order chi connectivity index (χ1) is 16.6. The lowest BCUT2D eigenvalue weighted by Gasteiger charge is -2.23. The molecule has 0 saturated heterocycles. The van der Waals surface area contributed by atoms with Crippen molar-refractivity contribution in [2.75, 3.05) is 38.3 Å². The van der Waals surface area contributed by atoms with Crippen molar-refractivity contribution in [2.45, 2.75) is 76.5 Å². The molecule has 196 valence electrons. The lowest BCUT2D eigenvalue weighted by Crippen LogP contribution is -2.31. The zero-order chi connectivity index (χ0) is 26.2. The van der Waals surface area contributed by atoms with E-state index in [1.807, 2.05) is 27.9 Å². The van der Waals surface area contributed by atoms with E-state index in [2.05, 4.69) is 38.8 Å². The Labute approximate surface area is 214 Å². The Morgan fingerprint density at radius 2 is 1.83 bits per heavy atom. The van der Waals surface area contributed by atoms with Gasteiger partial charge in [0.15, 0.2) is 11.0 Å². The molecule has 0 bridgehead atoms. The molecule has 11 heteroatoms. The second kappa shape index (κ2) is 13.4. The molecule has 1 aromatic heterocycles. The number of aromatic nitrogens is 3. The fourth-order valence-corrected chi connectivity index (χ4v) is 6.42. The summed E-state index contributed by atoms with van der Waals surface area (Å²) in [7, 11) is 0.439. The number of nitrogens with zero attached hydrogens (tertiary/aromatic N) is 5. The van der Waals surface area contributed by atoms with Crippen LogP contribution in [-0.2, 0) is 21.4 Å². The Bertz CT molecular complexity index is 1080. The van der Waals surface area contributed by atoms with Gasteiger partial charge >= 0.3 is 0 Å². The van der Waals surface area contributed by atoms with Crippen molar-refractivity contribution in [1.29, 1.82) is 0 Å². The number of unbranched alkanes of at least 4 members (excludes halogenated alkanes) is 1. The van der Waals surface area contributed by atoms with Crippen molar-refractivity contribution in [2.24, 2.45) is 0 Å². The van der Waals surface area contributed by atoms with Crippen molar-refractivity contribution < 1.29 is 13.2 Å². The molecule has 1 N–H and O–H groups in total. The highest BCUT2D eigenvalue weighted by Crippen LogP contribution is 2.27. The minimum absolute atomic E-state index is 0.148. The number of anilines is 1. The van der Waals surface area contributed by atoms with Gasteiger partial charge < -0.3 is 9.88 Å². The maximum atomic E-state index is 13.0. The first kappa shape index (κ1) is 29.3. The van der Waals surface area contributed by atoms with Crippen LogP contribution in [0.1, 0.15) is 64.4 Å². The van der Waals surface area contributed by atoms with Gasteiger partial charge in [0.1, 0.15) is 0 Å². The van der Waals surface area contributed by atoms with E-state index in [4.69, 9.17) is 0 Å². The highest BCUT2D eigenvalue weighted by molar-refractivity contribution is 7.99. The van der Waals surface area contributed by atoms with Crippen LogP contribution >= 0.6 is 11.8 Å². The number of thioether (sulfide) groups is 1. The Morgan fingerprint density at radius 1 is 1.14 bits per heavy atom. The molecule has 2 aromatic rings. The van der Waals surface area contributed by atoms with E-state index < -0.39 is 10.0 Å². The van der Waals surface area contributed by atoms with Crippen molar-refractivity contribution >= 4 is 33.4 Å². The van der Waals surface area contributed by atoms with Crippen LogP contribution in [0, 0.1) is 6.92 Å². The highest BCUT2D eigenvalue weighted by atomic mass is 32.2. The summed E-state index contributed by atoms with van der Waals surface area (Å²) in [4.78, 5) is 15.1. The first-order valence-corrected chi connectivity index (χ1v) is 14.7. The quantitative estimate of drug-likeness (QED) is 0.370. The number of hydrogen-bond acceptors (Lipinski definition) is 7. The number of amides is 1. The van der Waals surface area contributed by atoms with E-state index in [0.717, 1.165) is 36.8 Å². The molecular formula is C24H40N6O3S2. The molecular weight excluding hydrogens is 484 g/mol. The smallest absolute Gasteiger partial charge is 0.243 e. The third kappa shape index (κ3) is 7.28. The molecule has 1 amide bonds. The number of aryl methyl sites for hydroxylation is 1.